The molecule has 1 fully saturated rings. The summed E-state index contributed by atoms with van der Waals surface area (Å²) in [5, 5.41) is 2.68. The molecule has 2 aromatic carbocycles. The molecule has 1 heterocycles. The number of nitrogens with zero attached hydrogens (tertiary/aromatic N) is 2. The van der Waals surface area contributed by atoms with Crippen molar-refractivity contribution in [2.75, 3.05) is 44.3 Å². The topological polar surface area (TPSA) is 104 Å². The van der Waals surface area contributed by atoms with Crippen LogP contribution in [-0.2, 0) is 19.9 Å². The molecule has 0 atom stereocenters. The van der Waals surface area contributed by atoms with Crippen LogP contribution in [0.15, 0.2) is 58.3 Å². The van der Waals surface area contributed by atoms with Crippen LogP contribution in [-0.4, -0.2) is 70.9 Å². The van der Waals surface area contributed by atoms with Crippen LogP contribution >= 0.6 is 0 Å². The van der Waals surface area contributed by atoms with E-state index in [0.29, 0.717) is 37.4 Å². The molecule has 0 bridgehead atoms. The van der Waals surface area contributed by atoms with Crippen molar-refractivity contribution in [2.45, 2.75) is 16.7 Å². The molecule has 0 aromatic heterocycles. The van der Waals surface area contributed by atoms with E-state index >= 15 is 0 Å². The van der Waals surface area contributed by atoms with Gasteiger partial charge in [-0.05, 0) is 55.1 Å². The van der Waals surface area contributed by atoms with Crippen molar-refractivity contribution < 1.29 is 21.6 Å². The van der Waals surface area contributed by atoms with Crippen LogP contribution in [0.25, 0.3) is 0 Å². The monoisotopic (exact) mass is 451 g/mol. The average molecular weight is 452 g/mol. The molecule has 1 aliphatic heterocycles. The Morgan fingerprint density at radius 2 is 1.40 bits per heavy atom. The average Bonchev–Trinajstić information content (AvgIpc) is 2.73. The Hall–Kier alpha value is -2.27. The fourth-order valence-corrected chi connectivity index (χ4v) is 5.25. The number of likely N-dealkylation sites (N-methyl/N-ethyl adjacent to an activating group) is 1. The first kappa shape index (κ1) is 22.4. The summed E-state index contributed by atoms with van der Waals surface area (Å²) in [6.07, 6.45) is 1.10. The molecule has 1 N–H and O–H groups in total. The Balaban J connectivity index is 1.67. The maximum atomic E-state index is 12.8. The number of carbonyl (C=O) groups is 1. The lowest BCUT2D eigenvalue weighted by Crippen LogP contribution is -2.48. The van der Waals surface area contributed by atoms with Gasteiger partial charge in [0.25, 0.3) is 5.91 Å². The van der Waals surface area contributed by atoms with Gasteiger partial charge in [-0.1, -0.05) is 6.92 Å². The molecule has 0 saturated carbocycles. The summed E-state index contributed by atoms with van der Waals surface area (Å²) >= 11 is 0. The summed E-state index contributed by atoms with van der Waals surface area (Å²) in [6, 6.07) is 11.6. The van der Waals surface area contributed by atoms with E-state index in [0.717, 1.165) is 12.8 Å². The molecule has 0 unspecified atom stereocenters. The zero-order valence-electron chi connectivity index (χ0n) is 16.9. The van der Waals surface area contributed by atoms with Gasteiger partial charge < -0.3 is 10.2 Å². The van der Waals surface area contributed by atoms with Gasteiger partial charge in [0.2, 0.25) is 10.0 Å². The van der Waals surface area contributed by atoms with E-state index in [-0.39, 0.29) is 9.79 Å². The smallest absolute Gasteiger partial charge is 0.255 e. The summed E-state index contributed by atoms with van der Waals surface area (Å²) in [6.45, 7) is 5.29. The van der Waals surface area contributed by atoms with E-state index < -0.39 is 25.8 Å². The predicted octanol–water partition coefficient (Wildman–Crippen LogP) is 1.67. The van der Waals surface area contributed by atoms with Crippen molar-refractivity contribution in [1.82, 2.24) is 9.21 Å². The predicted molar refractivity (Wildman–Crippen MR) is 115 cm³/mol. The standard InChI is InChI=1S/C20H25N3O5S2/c1-3-22-12-14-23(15-13-22)30(27,28)19-10-6-17(7-11-19)21-20(24)16-4-8-18(9-5-16)29(2,25)26/h4-11H,3,12-15H2,1-2H3,(H,21,24). The normalized spacial score (nSPS) is 16.3. The molecular formula is C20H25N3O5S2. The highest BCUT2D eigenvalue weighted by Crippen LogP contribution is 2.20. The minimum atomic E-state index is -3.57. The second-order valence-electron chi connectivity index (χ2n) is 7.11. The Kier molecular flexibility index (Phi) is 6.61. The van der Waals surface area contributed by atoms with Gasteiger partial charge in [-0.25, -0.2) is 16.8 Å². The van der Waals surface area contributed by atoms with Crippen LogP contribution < -0.4 is 5.32 Å². The molecule has 1 aliphatic rings. The van der Waals surface area contributed by atoms with Gasteiger partial charge >= 0.3 is 0 Å². The van der Waals surface area contributed by atoms with Crippen molar-refractivity contribution in [3.63, 3.8) is 0 Å². The second kappa shape index (κ2) is 8.84. The molecule has 0 aliphatic carbocycles. The Labute approximate surface area is 177 Å². The van der Waals surface area contributed by atoms with Crippen LogP contribution in [0.3, 0.4) is 0 Å². The van der Waals surface area contributed by atoms with Gasteiger partial charge in [-0.2, -0.15) is 4.31 Å². The third kappa shape index (κ3) is 5.07. The molecule has 8 nitrogen and oxygen atoms in total. The van der Waals surface area contributed by atoms with E-state index in [1.165, 1.54) is 52.8 Å². The minimum absolute atomic E-state index is 0.133. The third-order valence-corrected chi connectivity index (χ3v) is 8.11. The molecule has 10 heteroatoms. The summed E-state index contributed by atoms with van der Waals surface area (Å²) in [5.74, 6) is -0.415. The van der Waals surface area contributed by atoms with Gasteiger partial charge in [-0.15, -0.1) is 0 Å². The number of rotatable bonds is 6. The SMILES string of the molecule is CCN1CCN(S(=O)(=O)c2ccc(NC(=O)c3ccc(S(C)(=O)=O)cc3)cc2)CC1. The highest BCUT2D eigenvalue weighted by Gasteiger charge is 2.27. The number of carbonyl (C=O) groups excluding carboxylic acids is 1. The van der Waals surface area contributed by atoms with Crippen molar-refractivity contribution in [2.24, 2.45) is 0 Å². The van der Waals surface area contributed by atoms with Gasteiger partial charge in [0, 0.05) is 43.7 Å². The van der Waals surface area contributed by atoms with Crippen molar-refractivity contribution in [3.8, 4) is 0 Å². The minimum Gasteiger partial charge on any atom is -0.322 e. The largest absolute Gasteiger partial charge is 0.322 e. The summed E-state index contributed by atoms with van der Waals surface area (Å²) in [7, 11) is -6.91. The van der Waals surface area contributed by atoms with E-state index in [4.69, 9.17) is 0 Å². The van der Waals surface area contributed by atoms with Crippen molar-refractivity contribution in [1.29, 1.82) is 0 Å². The molecule has 0 radical (unpaired) electrons. The molecule has 30 heavy (non-hydrogen) atoms. The van der Waals surface area contributed by atoms with Gasteiger partial charge in [0.05, 0.1) is 9.79 Å². The number of benzene rings is 2. The number of hydrogen-bond donors (Lipinski definition) is 1. The summed E-state index contributed by atoms with van der Waals surface area (Å²) in [5.41, 5.74) is 0.745. The molecule has 2 aromatic rings. The first-order valence-electron chi connectivity index (χ1n) is 9.55. The first-order valence-corrected chi connectivity index (χ1v) is 12.9. The Morgan fingerprint density at radius 3 is 1.90 bits per heavy atom. The van der Waals surface area contributed by atoms with E-state index in [1.54, 1.807) is 0 Å². The fourth-order valence-electron chi connectivity index (χ4n) is 3.20. The number of hydrogen-bond acceptors (Lipinski definition) is 6. The van der Waals surface area contributed by atoms with Crippen molar-refractivity contribution in [3.05, 3.63) is 54.1 Å². The fraction of sp³-hybridized carbons (Fsp3) is 0.350. The van der Waals surface area contributed by atoms with Crippen LogP contribution in [0.1, 0.15) is 17.3 Å². The van der Waals surface area contributed by atoms with Gasteiger partial charge in [0.1, 0.15) is 0 Å². The Bertz CT molecular complexity index is 1100. The van der Waals surface area contributed by atoms with E-state index in [2.05, 4.69) is 17.1 Å². The van der Waals surface area contributed by atoms with E-state index in [1.807, 2.05) is 0 Å². The van der Waals surface area contributed by atoms with Gasteiger partial charge in [-0.3, -0.25) is 4.79 Å². The maximum Gasteiger partial charge on any atom is 0.255 e. The first-order chi connectivity index (χ1) is 14.1. The van der Waals surface area contributed by atoms with Crippen LogP contribution in [0, 0.1) is 0 Å². The van der Waals surface area contributed by atoms with Crippen LogP contribution in [0.2, 0.25) is 0 Å². The van der Waals surface area contributed by atoms with Crippen molar-refractivity contribution >= 4 is 31.5 Å². The molecule has 0 spiro atoms. The number of amides is 1. The molecule has 1 saturated heterocycles. The molecule has 1 amide bonds. The third-order valence-electron chi connectivity index (χ3n) is 5.07. The lowest BCUT2D eigenvalue weighted by atomic mass is 10.2. The zero-order valence-corrected chi connectivity index (χ0v) is 18.5. The van der Waals surface area contributed by atoms with Crippen LogP contribution in [0.4, 0.5) is 5.69 Å². The second-order valence-corrected chi connectivity index (χ2v) is 11.1. The zero-order chi connectivity index (χ0) is 21.9. The number of sulfone groups is 1. The maximum absolute atomic E-state index is 12.8. The lowest BCUT2D eigenvalue weighted by molar-refractivity contribution is 0.102. The van der Waals surface area contributed by atoms with Crippen LogP contribution in [0.5, 0.6) is 0 Å². The van der Waals surface area contributed by atoms with Gasteiger partial charge in [0.15, 0.2) is 9.84 Å². The Morgan fingerprint density at radius 1 is 0.867 bits per heavy atom. The number of nitrogens with one attached hydrogen (secondary N) is 1. The van der Waals surface area contributed by atoms with E-state index in [9.17, 15) is 21.6 Å². The lowest BCUT2D eigenvalue weighted by Gasteiger charge is -2.33. The molecule has 162 valence electrons. The highest BCUT2D eigenvalue weighted by atomic mass is 32.2. The molecule has 3 rings (SSSR count). The number of sulfonamides is 1. The number of anilines is 1. The highest BCUT2D eigenvalue weighted by molar-refractivity contribution is 7.90. The number of piperazine rings is 1. The summed E-state index contributed by atoms with van der Waals surface area (Å²) in [4.78, 5) is 14.9. The summed E-state index contributed by atoms with van der Waals surface area (Å²) < 4.78 is 50.1. The molecular weight excluding hydrogens is 426 g/mol. The quantitative estimate of drug-likeness (QED) is 0.717.